The number of aryl methyl sites for hydroxylation is 1. The molecule has 0 aromatic carbocycles. The standard InChI is InChI=1S/C15H20N4O2S/c1-9(2)14(15-16-10(3)18-19-15)17-13(21)7-6-11(20)12-5-4-8-22-12/h4-5,8-9,14H,6-7H2,1-3H3,(H,17,21)(H,16,18,19). The predicted molar refractivity (Wildman–Crippen MR) is 84.7 cm³/mol. The lowest BCUT2D eigenvalue weighted by atomic mass is 10.0. The van der Waals surface area contributed by atoms with Crippen molar-refractivity contribution in [3.05, 3.63) is 34.0 Å². The number of aromatic amines is 1. The van der Waals surface area contributed by atoms with Gasteiger partial charge in [0.2, 0.25) is 5.91 Å². The zero-order valence-corrected chi connectivity index (χ0v) is 13.7. The highest BCUT2D eigenvalue weighted by molar-refractivity contribution is 7.12. The number of H-pyrrole nitrogens is 1. The second-order valence-corrected chi connectivity index (χ2v) is 6.42. The lowest BCUT2D eigenvalue weighted by Crippen LogP contribution is -2.32. The molecule has 1 amide bonds. The molecule has 0 aliphatic carbocycles. The highest BCUT2D eigenvalue weighted by Crippen LogP contribution is 2.19. The number of carbonyl (C=O) groups is 2. The molecular weight excluding hydrogens is 300 g/mol. The minimum atomic E-state index is -0.255. The van der Waals surface area contributed by atoms with Crippen LogP contribution >= 0.6 is 11.3 Å². The van der Waals surface area contributed by atoms with E-state index < -0.39 is 0 Å². The molecule has 6 nitrogen and oxygen atoms in total. The van der Waals surface area contributed by atoms with Crippen molar-refractivity contribution >= 4 is 23.0 Å². The van der Waals surface area contributed by atoms with Crippen LogP contribution < -0.4 is 5.32 Å². The largest absolute Gasteiger partial charge is 0.346 e. The van der Waals surface area contributed by atoms with Crippen LogP contribution in [0.1, 0.15) is 54.1 Å². The number of amides is 1. The lowest BCUT2D eigenvalue weighted by Gasteiger charge is -2.19. The number of thiophene rings is 1. The van der Waals surface area contributed by atoms with Crippen LogP contribution in [-0.2, 0) is 4.79 Å². The van der Waals surface area contributed by atoms with Crippen LogP contribution in [0.5, 0.6) is 0 Å². The molecule has 0 saturated heterocycles. The summed E-state index contributed by atoms with van der Waals surface area (Å²) in [5.41, 5.74) is 0. The van der Waals surface area contributed by atoms with Crippen LogP contribution in [0, 0.1) is 12.8 Å². The predicted octanol–water partition coefficient (Wildman–Crippen LogP) is 2.65. The molecule has 1 unspecified atom stereocenters. The molecule has 22 heavy (non-hydrogen) atoms. The van der Waals surface area contributed by atoms with E-state index >= 15 is 0 Å². The molecule has 0 fully saturated rings. The second kappa shape index (κ2) is 7.31. The van der Waals surface area contributed by atoms with E-state index in [0.717, 1.165) is 0 Å². The summed E-state index contributed by atoms with van der Waals surface area (Å²) in [5.74, 6) is 1.28. The number of carbonyl (C=O) groups excluding carboxylic acids is 2. The maximum absolute atomic E-state index is 12.1. The van der Waals surface area contributed by atoms with Crippen molar-refractivity contribution in [3.8, 4) is 0 Å². The first-order chi connectivity index (χ1) is 10.5. The number of hydrogen-bond acceptors (Lipinski definition) is 5. The molecule has 2 rings (SSSR count). The van der Waals surface area contributed by atoms with Crippen molar-refractivity contribution in [1.29, 1.82) is 0 Å². The molecule has 0 saturated carbocycles. The molecule has 0 bridgehead atoms. The zero-order chi connectivity index (χ0) is 16.1. The van der Waals surface area contributed by atoms with Gasteiger partial charge in [-0.05, 0) is 24.3 Å². The number of aromatic nitrogens is 3. The summed E-state index contributed by atoms with van der Waals surface area (Å²) in [4.78, 5) is 29.0. The summed E-state index contributed by atoms with van der Waals surface area (Å²) in [6.45, 7) is 5.80. The maximum Gasteiger partial charge on any atom is 0.221 e. The molecule has 0 aliphatic heterocycles. The third-order valence-corrected chi connectivity index (χ3v) is 4.16. The molecule has 0 aliphatic rings. The summed E-state index contributed by atoms with van der Waals surface area (Å²) < 4.78 is 0. The Hall–Kier alpha value is -2.02. The molecular formula is C15H20N4O2S. The number of nitrogens with one attached hydrogen (secondary N) is 2. The lowest BCUT2D eigenvalue weighted by molar-refractivity contribution is -0.122. The summed E-state index contributed by atoms with van der Waals surface area (Å²) >= 11 is 1.40. The van der Waals surface area contributed by atoms with Gasteiger partial charge in [0.1, 0.15) is 5.82 Å². The van der Waals surface area contributed by atoms with Crippen molar-refractivity contribution in [2.24, 2.45) is 5.92 Å². The molecule has 1 atom stereocenters. The molecule has 2 aromatic heterocycles. The minimum absolute atomic E-state index is 0.0000131. The topological polar surface area (TPSA) is 87.7 Å². The van der Waals surface area contributed by atoms with Crippen LogP contribution in [0.25, 0.3) is 0 Å². The normalized spacial score (nSPS) is 12.4. The monoisotopic (exact) mass is 320 g/mol. The van der Waals surface area contributed by atoms with E-state index in [4.69, 9.17) is 0 Å². The van der Waals surface area contributed by atoms with Gasteiger partial charge < -0.3 is 5.32 Å². The van der Waals surface area contributed by atoms with Gasteiger partial charge in [0.15, 0.2) is 11.6 Å². The Morgan fingerprint density at radius 2 is 2.14 bits per heavy atom. The fourth-order valence-electron chi connectivity index (χ4n) is 2.06. The molecule has 0 spiro atoms. The van der Waals surface area contributed by atoms with Gasteiger partial charge in [-0.25, -0.2) is 4.98 Å². The number of ketones is 1. The quantitative estimate of drug-likeness (QED) is 0.768. The summed E-state index contributed by atoms with van der Waals surface area (Å²) in [7, 11) is 0. The van der Waals surface area contributed by atoms with E-state index in [2.05, 4.69) is 20.5 Å². The summed E-state index contributed by atoms with van der Waals surface area (Å²) in [6, 6.07) is 3.35. The van der Waals surface area contributed by atoms with Gasteiger partial charge in [-0.15, -0.1) is 11.3 Å². The molecule has 7 heteroatoms. The Labute approximate surface area is 133 Å². The van der Waals surface area contributed by atoms with Crippen molar-refractivity contribution in [3.63, 3.8) is 0 Å². The first-order valence-electron chi connectivity index (χ1n) is 7.22. The number of hydrogen-bond donors (Lipinski definition) is 2. The van der Waals surface area contributed by atoms with Crippen LogP contribution in [-0.4, -0.2) is 26.9 Å². The van der Waals surface area contributed by atoms with E-state index in [1.54, 1.807) is 6.07 Å². The third kappa shape index (κ3) is 4.24. The van der Waals surface area contributed by atoms with Gasteiger partial charge in [0.25, 0.3) is 0 Å². The van der Waals surface area contributed by atoms with Crippen molar-refractivity contribution in [2.75, 3.05) is 0 Å². The first kappa shape index (κ1) is 16.4. The summed E-state index contributed by atoms with van der Waals surface area (Å²) in [5, 5.41) is 11.7. The number of nitrogens with zero attached hydrogens (tertiary/aromatic N) is 2. The molecule has 2 heterocycles. The van der Waals surface area contributed by atoms with Crippen LogP contribution in [0.2, 0.25) is 0 Å². The smallest absolute Gasteiger partial charge is 0.221 e. The van der Waals surface area contributed by atoms with Gasteiger partial charge >= 0.3 is 0 Å². The zero-order valence-electron chi connectivity index (χ0n) is 12.9. The Morgan fingerprint density at radius 1 is 1.36 bits per heavy atom. The summed E-state index contributed by atoms with van der Waals surface area (Å²) in [6.07, 6.45) is 0.382. The van der Waals surface area contributed by atoms with Crippen LogP contribution in [0.15, 0.2) is 17.5 Å². The second-order valence-electron chi connectivity index (χ2n) is 5.47. The highest BCUT2D eigenvalue weighted by Gasteiger charge is 2.22. The Morgan fingerprint density at radius 3 is 2.68 bits per heavy atom. The van der Waals surface area contributed by atoms with E-state index in [0.29, 0.717) is 16.5 Å². The van der Waals surface area contributed by atoms with Gasteiger partial charge in [-0.2, -0.15) is 5.10 Å². The maximum atomic E-state index is 12.1. The first-order valence-corrected chi connectivity index (χ1v) is 8.10. The van der Waals surface area contributed by atoms with Crippen LogP contribution in [0.3, 0.4) is 0 Å². The molecule has 2 N–H and O–H groups in total. The SMILES string of the molecule is Cc1nc(C(NC(=O)CCC(=O)c2cccs2)C(C)C)n[nH]1. The van der Waals surface area contributed by atoms with Gasteiger partial charge in [0.05, 0.1) is 10.9 Å². The third-order valence-electron chi connectivity index (χ3n) is 3.25. The van der Waals surface area contributed by atoms with Gasteiger partial charge in [0, 0.05) is 12.8 Å². The number of rotatable bonds is 7. The van der Waals surface area contributed by atoms with E-state index in [1.165, 1.54) is 11.3 Å². The fourth-order valence-corrected chi connectivity index (χ4v) is 2.76. The van der Waals surface area contributed by atoms with Crippen LogP contribution in [0.4, 0.5) is 0 Å². The fraction of sp³-hybridized carbons (Fsp3) is 0.467. The Bertz CT molecular complexity index is 634. The molecule has 118 valence electrons. The van der Waals surface area contributed by atoms with Crippen molar-refractivity contribution in [2.45, 2.75) is 39.7 Å². The highest BCUT2D eigenvalue weighted by atomic mass is 32.1. The number of Topliss-reactive ketones (excluding diaryl/α,β-unsaturated/α-hetero) is 1. The molecule has 0 radical (unpaired) electrons. The Balaban J connectivity index is 1.90. The van der Waals surface area contributed by atoms with Crippen molar-refractivity contribution in [1.82, 2.24) is 20.5 Å². The minimum Gasteiger partial charge on any atom is -0.346 e. The molecule has 2 aromatic rings. The van der Waals surface area contributed by atoms with Gasteiger partial charge in [-0.1, -0.05) is 19.9 Å². The van der Waals surface area contributed by atoms with Crippen molar-refractivity contribution < 1.29 is 9.59 Å². The average Bonchev–Trinajstić information content (AvgIpc) is 3.13. The average molecular weight is 320 g/mol. The van der Waals surface area contributed by atoms with E-state index in [-0.39, 0.29) is 36.5 Å². The van der Waals surface area contributed by atoms with E-state index in [9.17, 15) is 9.59 Å². The van der Waals surface area contributed by atoms with E-state index in [1.807, 2.05) is 32.2 Å². The van der Waals surface area contributed by atoms with Gasteiger partial charge in [-0.3, -0.25) is 14.7 Å². The Kier molecular flexibility index (Phi) is 5.43.